The molecular weight excluding hydrogens is 586 g/mol. The van der Waals surface area contributed by atoms with Crippen molar-refractivity contribution in [2.24, 2.45) is 17.8 Å². The van der Waals surface area contributed by atoms with Gasteiger partial charge in [-0.05, 0) is 66.2 Å². The molecule has 3 aliphatic rings. The predicted molar refractivity (Wildman–Crippen MR) is 177 cm³/mol. The van der Waals surface area contributed by atoms with E-state index >= 15 is 0 Å². The Balaban J connectivity index is 1.59. The molecule has 1 unspecified atom stereocenters. The molecule has 3 heterocycles. The van der Waals surface area contributed by atoms with Crippen molar-refractivity contribution in [3.05, 3.63) is 35.9 Å². The minimum absolute atomic E-state index is 0.146. The number of benzene rings is 1. The number of piperidine rings is 1. The van der Waals surface area contributed by atoms with Crippen molar-refractivity contribution in [1.82, 2.24) is 14.7 Å². The number of methoxy groups -OCH3 is 1. The lowest BCUT2D eigenvalue weighted by molar-refractivity contribution is -0.295. The Hall–Kier alpha value is -1.92. The lowest BCUT2D eigenvalue weighted by Gasteiger charge is -2.46. The van der Waals surface area contributed by atoms with Crippen molar-refractivity contribution in [3.8, 4) is 0 Å². The molecule has 3 fully saturated rings. The fourth-order valence-corrected chi connectivity index (χ4v) is 7.96. The molecule has 4 rings (SSSR count). The maximum absolute atomic E-state index is 14.1. The molecule has 0 saturated carbocycles. The van der Waals surface area contributed by atoms with Crippen LogP contribution in [-0.2, 0) is 35.1 Å². The first-order valence-electron chi connectivity index (χ1n) is 17.1. The summed E-state index contributed by atoms with van der Waals surface area (Å²) in [5, 5.41) is 11.3. The number of hydrogen-bond acceptors (Lipinski definition) is 10. The van der Waals surface area contributed by atoms with Crippen molar-refractivity contribution < 1.29 is 33.6 Å². The molecule has 1 aromatic rings. The third-order valence-corrected chi connectivity index (χ3v) is 10.6. The van der Waals surface area contributed by atoms with E-state index in [2.05, 4.69) is 48.0 Å². The first-order valence-corrected chi connectivity index (χ1v) is 17.1. The quantitative estimate of drug-likeness (QED) is 0.365. The van der Waals surface area contributed by atoms with Crippen molar-refractivity contribution in [1.29, 1.82) is 0 Å². The van der Waals surface area contributed by atoms with Gasteiger partial charge in [-0.3, -0.25) is 14.5 Å². The molecule has 0 bridgehead atoms. The van der Waals surface area contributed by atoms with E-state index in [-0.39, 0.29) is 23.8 Å². The Morgan fingerprint density at radius 1 is 1.07 bits per heavy atom. The number of ketones is 1. The van der Waals surface area contributed by atoms with E-state index in [9.17, 15) is 14.7 Å². The maximum atomic E-state index is 14.1. The standard InChI is InChI=1S/C36H59N3O7/c1-24-20-35(5,43-9)32(45-34-31(41)29(37(6)7)19-25(2)44-34)26(3)30(40)27(4)33(42)46-36(23-38(8)21-24)15-17-39(18-16-36)22-28-13-11-10-12-14-28/h10-14,24-27,29,31-32,34,41H,15-23H2,1-9H3/t24-,25-,26?,27-,29+,31-,32-,34+,35-/m1/s1. The van der Waals surface area contributed by atoms with E-state index in [0.717, 1.165) is 26.2 Å². The van der Waals surface area contributed by atoms with Gasteiger partial charge in [0, 0.05) is 64.6 Å². The van der Waals surface area contributed by atoms with Crippen LogP contribution in [0.2, 0.25) is 0 Å². The van der Waals surface area contributed by atoms with Gasteiger partial charge < -0.3 is 33.9 Å². The van der Waals surface area contributed by atoms with E-state index in [1.807, 2.05) is 38.9 Å². The van der Waals surface area contributed by atoms with Crippen LogP contribution in [0, 0.1) is 17.8 Å². The average Bonchev–Trinajstić information content (AvgIpc) is 3.01. The van der Waals surface area contributed by atoms with Crippen LogP contribution in [0.15, 0.2) is 30.3 Å². The molecular formula is C36H59N3O7. The number of likely N-dealkylation sites (N-methyl/N-ethyl adjacent to an activating group) is 2. The van der Waals surface area contributed by atoms with Gasteiger partial charge in [0.25, 0.3) is 0 Å². The highest BCUT2D eigenvalue weighted by molar-refractivity contribution is 6.00. The minimum atomic E-state index is -0.990. The van der Waals surface area contributed by atoms with E-state index in [4.69, 9.17) is 18.9 Å². The highest BCUT2D eigenvalue weighted by Gasteiger charge is 2.50. The molecule has 46 heavy (non-hydrogen) atoms. The van der Waals surface area contributed by atoms with Gasteiger partial charge in [-0.25, -0.2) is 0 Å². The first kappa shape index (κ1) is 36.9. The van der Waals surface area contributed by atoms with Gasteiger partial charge in [0.1, 0.15) is 17.6 Å². The van der Waals surface area contributed by atoms with Crippen molar-refractivity contribution in [2.45, 2.75) is 109 Å². The van der Waals surface area contributed by atoms with Crippen LogP contribution >= 0.6 is 0 Å². The van der Waals surface area contributed by atoms with E-state index in [0.29, 0.717) is 32.2 Å². The van der Waals surface area contributed by atoms with E-state index < -0.39 is 47.5 Å². The zero-order chi connectivity index (χ0) is 33.8. The summed E-state index contributed by atoms with van der Waals surface area (Å²) in [6, 6.07) is 10.3. The number of rotatable bonds is 6. The van der Waals surface area contributed by atoms with Gasteiger partial charge in [-0.2, -0.15) is 0 Å². The number of esters is 1. The van der Waals surface area contributed by atoms with Crippen LogP contribution in [0.3, 0.4) is 0 Å². The van der Waals surface area contributed by atoms with Crippen LogP contribution in [0.5, 0.6) is 0 Å². The smallest absolute Gasteiger partial charge is 0.316 e. The highest BCUT2D eigenvalue weighted by Crippen LogP contribution is 2.37. The number of likely N-dealkylation sites (tertiary alicyclic amines) is 1. The van der Waals surface area contributed by atoms with Crippen LogP contribution in [0.25, 0.3) is 0 Å². The summed E-state index contributed by atoms with van der Waals surface area (Å²) in [6.45, 7) is 13.3. The molecule has 1 spiro atoms. The Morgan fingerprint density at radius 2 is 1.72 bits per heavy atom. The first-order chi connectivity index (χ1) is 21.7. The van der Waals surface area contributed by atoms with Crippen LogP contribution < -0.4 is 0 Å². The number of Topliss-reactive ketones (excluding diaryl/α,β-unsaturated/α-hetero) is 1. The normalized spacial score (nSPS) is 37.4. The number of carbonyl (C=O) groups excluding carboxylic acids is 2. The molecule has 0 aromatic heterocycles. The Kier molecular flexibility index (Phi) is 12.5. The predicted octanol–water partition coefficient (Wildman–Crippen LogP) is 3.59. The molecule has 10 heteroatoms. The molecule has 9 atom stereocenters. The molecule has 0 radical (unpaired) electrons. The molecule has 3 saturated heterocycles. The Labute approximate surface area is 276 Å². The lowest BCUT2D eigenvalue weighted by Crippen LogP contribution is -2.59. The zero-order valence-corrected chi connectivity index (χ0v) is 29.6. The van der Waals surface area contributed by atoms with E-state index in [1.54, 1.807) is 21.0 Å². The maximum Gasteiger partial charge on any atom is 0.316 e. The van der Waals surface area contributed by atoms with Crippen molar-refractivity contribution >= 4 is 11.8 Å². The molecule has 3 aliphatic heterocycles. The van der Waals surface area contributed by atoms with Crippen molar-refractivity contribution in [2.75, 3.05) is 54.4 Å². The molecule has 1 aromatic carbocycles. The fraction of sp³-hybridized carbons (Fsp3) is 0.778. The Morgan fingerprint density at radius 3 is 2.33 bits per heavy atom. The second kappa shape index (κ2) is 15.5. The summed E-state index contributed by atoms with van der Waals surface area (Å²) in [5.74, 6) is -2.32. The number of carbonyl (C=O) groups is 2. The summed E-state index contributed by atoms with van der Waals surface area (Å²) in [7, 11) is 7.57. The van der Waals surface area contributed by atoms with Crippen LogP contribution in [-0.4, -0.2) is 128 Å². The number of aliphatic hydroxyl groups excluding tert-OH is 1. The molecule has 1 N–H and O–H groups in total. The monoisotopic (exact) mass is 645 g/mol. The number of aliphatic hydroxyl groups is 1. The largest absolute Gasteiger partial charge is 0.457 e. The molecule has 260 valence electrons. The van der Waals surface area contributed by atoms with Gasteiger partial charge in [0.2, 0.25) is 0 Å². The van der Waals surface area contributed by atoms with Gasteiger partial charge in [0.15, 0.2) is 12.1 Å². The SMILES string of the molecule is CO[C@]1(C)C[C@@H](C)CN(C)CC2(CCN(Cc3ccccc3)CC2)OC(=O)[C@H](C)C(=O)C(C)[C@H]1O[C@@H]1O[C@H](C)C[C@H](N(C)C)[C@H]1O. The second-order valence-electron chi connectivity index (χ2n) is 14.9. The summed E-state index contributed by atoms with van der Waals surface area (Å²) >= 11 is 0. The summed E-state index contributed by atoms with van der Waals surface area (Å²) in [6.07, 6.45) is -0.137. The van der Waals surface area contributed by atoms with Crippen molar-refractivity contribution in [3.63, 3.8) is 0 Å². The van der Waals surface area contributed by atoms with Crippen LogP contribution in [0.4, 0.5) is 0 Å². The number of hydrogen-bond donors (Lipinski definition) is 1. The minimum Gasteiger partial charge on any atom is -0.457 e. The Bertz CT molecular complexity index is 1140. The van der Waals surface area contributed by atoms with Crippen LogP contribution in [0.1, 0.15) is 65.9 Å². The second-order valence-corrected chi connectivity index (χ2v) is 14.9. The van der Waals surface area contributed by atoms with Gasteiger partial charge in [-0.1, -0.05) is 44.2 Å². The van der Waals surface area contributed by atoms with Gasteiger partial charge >= 0.3 is 5.97 Å². The van der Waals surface area contributed by atoms with Gasteiger partial charge in [0.05, 0.1) is 17.8 Å². The number of nitrogens with zero attached hydrogens (tertiary/aromatic N) is 3. The summed E-state index contributed by atoms with van der Waals surface area (Å²) in [4.78, 5) is 34.6. The third kappa shape index (κ3) is 8.75. The lowest BCUT2D eigenvalue weighted by atomic mass is 9.78. The molecule has 10 nitrogen and oxygen atoms in total. The summed E-state index contributed by atoms with van der Waals surface area (Å²) in [5.41, 5.74) is -0.312. The zero-order valence-electron chi connectivity index (χ0n) is 29.6. The average molecular weight is 646 g/mol. The molecule has 0 amide bonds. The fourth-order valence-electron chi connectivity index (χ4n) is 7.96. The topological polar surface area (TPSA) is 101 Å². The summed E-state index contributed by atoms with van der Waals surface area (Å²) < 4.78 is 25.4. The molecule has 0 aliphatic carbocycles. The number of ether oxygens (including phenoxy) is 4. The van der Waals surface area contributed by atoms with E-state index in [1.165, 1.54) is 5.56 Å². The third-order valence-electron chi connectivity index (χ3n) is 10.6. The van der Waals surface area contributed by atoms with Gasteiger partial charge in [-0.15, -0.1) is 0 Å². The highest BCUT2D eigenvalue weighted by atomic mass is 16.7.